The molecule has 0 aliphatic carbocycles. The normalized spacial score (nSPS) is 16.4. The van der Waals surface area contributed by atoms with E-state index in [9.17, 15) is 4.79 Å². The zero-order valence-electron chi connectivity index (χ0n) is 14.4. The van der Waals surface area contributed by atoms with Crippen molar-refractivity contribution in [2.75, 3.05) is 19.6 Å². The van der Waals surface area contributed by atoms with Gasteiger partial charge in [0.15, 0.2) is 0 Å². The summed E-state index contributed by atoms with van der Waals surface area (Å²) in [7, 11) is 0. The van der Waals surface area contributed by atoms with Crippen molar-refractivity contribution < 1.29 is 9.21 Å². The van der Waals surface area contributed by atoms with E-state index in [-0.39, 0.29) is 18.4 Å². The van der Waals surface area contributed by atoms with Crippen molar-refractivity contribution in [1.82, 2.24) is 15.2 Å². The van der Waals surface area contributed by atoms with E-state index in [1.165, 1.54) is 6.42 Å². The van der Waals surface area contributed by atoms with Crippen LogP contribution in [0.2, 0.25) is 0 Å². The molecule has 6 heteroatoms. The minimum Gasteiger partial charge on any atom is -0.440 e. The first-order valence-electron chi connectivity index (χ1n) is 8.67. The lowest BCUT2D eigenvalue weighted by atomic mass is 10.0. The maximum atomic E-state index is 12.3. The number of aryl methyl sites for hydroxylation is 1. The molecule has 1 N–H and O–H groups in total. The highest BCUT2D eigenvalue weighted by Crippen LogP contribution is 2.26. The van der Waals surface area contributed by atoms with Crippen LogP contribution in [0.25, 0.3) is 10.8 Å². The molecule has 0 spiro atoms. The summed E-state index contributed by atoms with van der Waals surface area (Å²) in [4.78, 5) is 20.3. The van der Waals surface area contributed by atoms with Crippen molar-refractivity contribution in [1.29, 1.82) is 0 Å². The van der Waals surface area contributed by atoms with E-state index in [2.05, 4.69) is 22.1 Å². The molecule has 0 radical (unpaired) electrons. The van der Waals surface area contributed by atoms with Crippen molar-refractivity contribution in [3.05, 3.63) is 29.0 Å². The smallest absolute Gasteiger partial charge is 0.236 e. The summed E-state index contributed by atoms with van der Waals surface area (Å²) in [5, 5.41) is 5.15. The molecule has 3 rings (SSSR count). The lowest BCUT2D eigenvalue weighted by molar-refractivity contribution is -0.121. The quantitative estimate of drug-likeness (QED) is 0.871. The second-order valence-corrected chi connectivity index (χ2v) is 7.31. The Morgan fingerprint density at radius 1 is 1.46 bits per heavy atom. The number of rotatable bonds is 6. The van der Waals surface area contributed by atoms with Crippen LogP contribution in [0.4, 0.5) is 0 Å². The van der Waals surface area contributed by atoms with Gasteiger partial charge in [-0.25, -0.2) is 4.98 Å². The number of aromatic nitrogens is 1. The molecule has 1 amide bonds. The molecule has 2 aromatic heterocycles. The topological polar surface area (TPSA) is 58.4 Å². The number of nitrogens with zero attached hydrogens (tertiary/aromatic N) is 2. The molecule has 2 aromatic rings. The number of amides is 1. The van der Waals surface area contributed by atoms with Crippen LogP contribution >= 0.6 is 11.3 Å². The maximum Gasteiger partial charge on any atom is 0.236 e. The number of nitrogens with one attached hydrogen (secondary N) is 1. The molecule has 24 heavy (non-hydrogen) atoms. The van der Waals surface area contributed by atoms with E-state index in [0.29, 0.717) is 5.89 Å². The van der Waals surface area contributed by atoms with Crippen molar-refractivity contribution >= 4 is 17.2 Å². The Labute approximate surface area is 147 Å². The van der Waals surface area contributed by atoms with E-state index in [4.69, 9.17) is 4.42 Å². The molecular formula is C18H25N3O2S. The standard InChI is InChI=1S/C18H25N3O2S/c1-3-8-21-9-6-14(7-10-21)19-17(22)12-15-13(2)23-18(20-15)16-5-4-11-24-16/h4-5,11,14H,3,6-10,12H2,1-2H3,(H,19,22). The zero-order valence-corrected chi connectivity index (χ0v) is 15.2. The van der Waals surface area contributed by atoms with Crippen molar-refractivity contribution in [3.63, 3.8) is 0 Å². The van der Waals surface area contributed by atoms with Gasteiger partial charge in [0.25, 0.3) is 0 Å². The Hall–Kier alpha value is -1.66. The summed E-state index contributed by atoms with van der Waals surface area (Å²) in [6, 6.07) is 4.23. The highest BCUT2D eigenvalue weighted by Gasteiger charge is 2.21. The van der Waals surface area contributed by atoms with Crippen LogP contribution in [0, 0.1) is 6.92 Å². The van der Waals surface area contributed by atoms with E-state index in [1.54, 1.807) is 11.3 Å². The summed E-state index contributed by atoms with van der Waals surface area (Å²) in [6.45, 7) is 7.38. The lowest BCUT2D eigenvalue weighted by Gasteiger charge is -2.32. The van der Waals surface area contributed by atoms with Gasteiger partial charge in [-0.15, -0.1) is 11.3 Å². The summed E-state index contributed by atoms with van der Waals surface area (Å²) in [5.41, 5.74) is 0.735. The predicted molar refractivity (Wildman–Crippen MR) is 96.2 cm³/mol. The average molecular weight is 347 g/mol. The van der Waals surface area contributed by atoms with Crippen LogP contribution in [0.1, 0.15) is 37.6 Å². The molecular weight excluding hydrogens is 322 g/mol. The Kier molecular flexibility index (Phi) is 5.68. The predicted octanol–water partition coefficient (Wildman–Crippen LogP) is 3.24. The highest BCUT2D eigenvalue weighted by molar-refractivity contribution is 7.13. The van der Waals surface area contributed by atoms with E-state index in [1.807, 2.05) is 24.4 Å². The number of thiophene rings is 1. The minimum absolute atomic E-state index is 0.0399. The van der Waals surface area contributed by atoms with Gasteiger partial charge >= 0.3 is 0 Å². The molecule has 1 aliphatic rings. The number of hydrogen-bond acceptors (Lipinski definition) is 5. The van der Waals surface area contributed by atoms with Gasteiger partial charge in [0, 0.05) is 19.1 Å². The SMILES string of the molecule is CCCN1CCC(NC(=O)Cc2nc(-c3cccs3)oc2C)CC1. The first-order valence-corrected chi connectivity index (χ1v) is 9.55. The first-order chi connectivity index (χ1) is 11.7. The monoisotopic (exact) mass is 347 g/mol. The third kappa shape index (κ3) is 4.24. The average Bonchev–Trinajstić information content (AvgIpc) is 3.20. The Morgan fingerprint density at radius 2 is 2.25 bits per heavy atom. The summed E-state index contributed by atoms with van der Waals surface area (Å²) in [5.74, 6) is 1.38. The zero-order chi connectivity index (χ0) is 16.9. The lowest BCUT2D eigenvalue weighted by Crippen LogP contribution is -2.45. The molecule has 1 saturated heterocycles. The van der Waals surface area contributed by atoms with Gasteiger partial charge in [0.05, 0.1) is 17.0 Å². The van der Waals surface area contributed by atoms with Crippen molar-refractivity contribution in [3.8, 4) is 10.8 Å². The molecule has 1 aliphatic heterocycles. The van der Waals surface area contributed by atoms with Gasteiger partial charge < -0.3 is 14.6 Å². The van der Waals surface area contributed by atoms with E-state index in [0.717, 1.165) is 48.8 Å². The molecule has 0 saturated carbocycles. The first kappa shape index (κ1) is 17.2. The summed E-state index contributed by atoms with van der Waals surface area (Å²) in [6.07, 6.45) is 3.54. The van der Waals surface area contributed by atoms with Crippen LogP contribution < -0.4 is 5.32 Å². The third-order valence-corrected chi connectivity index (χ3v) is 5.30. The number of likely N-dealkylation sites (tertiary alicyclic amines) is 1. The largest absolute Gasteiger partial charge is 0.440 e. The van der Waals surface area contributed by atoms with Gasteiger partial charge in [-0.05, 0) is 44.2 Å². The number of oxazole rings is 1. The van der Waals surface area contributed by atoms with Crippen LogP contribution in [0.5, 0.6) is 0 Å². The fraction of sp³-hybridized carbons (Fsp3) is 0.556. The second kappa shape index (κ2) is 7.94. The highest BCUT2D eigenvalue weighted by atomic mass is 32.1. The molecule has 130 valence electrons. The molecule has 0 bridgehead atoms. The van der Waals surface area contributed by atoms with Gasteiger partial charge in [-0.1, -0.05) is 13.0 Å². The molecule has 3 heterocycles. The number of hydrogen-bond donors (Lipinski definition) is 1. The summed E-state index contributed by atoms with van der Waals surface area (Å²) >= 11 is 1.59. The van der Waals surface area contributed by atoms with Crippen LogP contribution in [-0.4, -0.2) is 41.5 Å². The van der Waals surface area contributed by atoms with Crippen LogP contribution in [0.15, 0.2) is 21.9 Å². The Balaban J connectivity index is 1.52. The third-order valence-electron chi connectivity index (χ3n) is 4.45. The maximum absolute atomic E-state index is 12.3. The van der Waals surface area contributed by atoms with E-state index >= 15 is 0 Å². The fourth-order valence-corrected chi connectivity index (χ4v) is 3.79. The van der Waals surface area contributed by atoms with Crippen molar-refractivity contribution in [2.45, 2.75) is 45.6 Å². The van der Waals surface area contributed by atoms with Gasteiger partial charge in [0.2, 0.25) is 11.8 Å². The van der Waals surface area contributed by atoms with Crippen LogP contribution in [-0.2, 0) is 11.2 Å². The molecule has 1 fully saturated rings. The van der Waals surface area contributed by atoms with Gasteiger partial charge in [0.1, 0.15) is 5.76 Å². The number of carbonyl (C=O) groups excluding carboxylic acids is 1. The molecule has 0 aromatic carbocycles. The van der Waals surface area contributed by atoms with Crippen molar-refractivity contribution in [2.24, 2.45) is 0 Å². The molecule has 5 nitrogen and oxygen atoms in total. The molecule has 0 unspecified atom stereocenters. The van der Waals surface area contributed by atoms with Gasteiger partial charge in [-0.2, -0.15) is 0 Å². The Bertz CT molecular complexity index is 658. The Morgan fingerprint density at radius 3 is 2.92 bits per heavy atom. The van der Waals surface area contributed by atoms with Gasteiger partial charge in [-0.3, -0.25) is 4.79 Å². The van der Waals surface area contributed by atoms with Crippen LogP contribution in [0.3, 0.4) is 0 Å². The number of carbonyl (C=O) groups is 1. The van der Waals surface area contributed by atoms with E-state index < -0.39 is 0 Å². The number of piperidine rings is 1. The summed E-state index contributed by atoms with van der Waals surface area (Å²) < 4.78 is 5.70. The minimum atomic E-state index is 0.0399. The second-order valence-electron chi connectivity index (χ2n) is 6.36. The molecule has 0 atom stereocenters. The fourth-order valence-electron chi connectivity index (χ4n) is 3.15.